The fourth-order valence-electron chi connectivity index (χ4n) is 3.89. The van der Waals surface area contributed by atoms with Crippen molar-refractivity contribution in [2.24, 2.45) is 5.41 Å². The molecule has 0 aromatic carbocycles. The van der Waals surface area contributed by atoms with Crippen LogP contribution in [0.3, 0.4) is 0 Å². The quantitative estimate of drug-likeness (QED) is 0.692. The van der Waals surface area contributed by atoms with E-state index in [-0.39, 0.29) is 0 Å². The van der Waals surface area contributed by atoms with Gasteiger partial charge in [0.05, 0.1) is 0 Å². The monoisotopic (exact) mass is 297 g/mol. The van der Waals surface area contributed by atoms with E-state index < -0.39 is 0 Å². The van der Waals surface area contributed by atoms with Crippen molar-refractivity contribution in [3.63, 3.8) is 0 Å². The first-order valence-corrected chi connectivity index (χ1v) is 8.82. The van der Waals surface area contributed by atoms with Gasteiger partial charge in [-0.1, -0.05) is 6.92 Å². The van der Waals surface area contributed by atoms with Gasteiger partial charge in [0.25, 0.3) is 0 Å². The Balaban J connectivity index is 1.93. The van der Waals surface area contributed by atoms with E-state index in [1.54, 1.807) is 0 Å². The largest absolute Gasteiger partial charge is 0.381 e. The van der Waals surface area contributed by atoms with Gasteiger partial charge < -0.3 is 15.0 Å². The summed E-state index contributed by atoms with van der Waals surface area (Å²) in [6.45, 7) is 10.2. The Kier molecular flexibility index (Phi) is 6.93. The molecular formula is C17H35N3O. The molecule has 0 bridgehead atoms. The third kappa shape index (κ3) is 5.20. The van der Waals surface area contributed by atoms with Crippen molar-refractivity contribution in [1.82, 2.24) is 15.1 Å². The number of likely N-dealkylation sites (tertiary alicyclic amines) is 1. The molecule has 1 N–H and O–H groups in total. The van der Waals surface area contributed by atoms with Crippen LogP contribution in [0.5, 0.6) is 0 Å². The maximum absolute atomic E-state index is 5.63. The second kappa shape index (κ2) is 8.47. The van der Waals surface area contributed by atoms with Crippen molar-refractivity contribution in [3.05, 3.63) is 0 Å². The van der Waals surface area contributed by atoms with Crippen LogP contribution in [0.15, 0.2) is 0 Å². The van der Waals surface area contributed by atoms with Crippen molar-refractivity contribution < 1.29 is 4.74 Å². The molecular weight excluding hydrogens is 262 g/mol. The average Bonchev–Trinajstić information content (AvgIpc) is 2.86. The summed E-state index contributed by atoms with van der Waals surface area (Å²) in [5.41, 5.74) is 0.433. The summed E-state index contributed by atoms with van der Waals surface area (Å²) < 4.78 is 5.63. The lowest BCUT2D eigenvalue weighted by Crippen LogP contribution is -2.50. The van der Waals surface area contributed by atoms with Crippen molar-refractivity contribution >= 4 is 0 Å². The lowest BCUT2D eigenvalue weighted by atomic mass is 9.79. The van der Waals surface area contributed by atoms with E-state index in [0.29, 0.717) is 5.41 Å². The van der Waals surface area contributed by atoms with Gasteiger partial charge in [0.2, 0.25) is 0 Å². The smallest absolute Gasteiger partial charge is 0.0472 e. The van der Waals surface area contributed by atoms with E-state index >= 15 is 0 Å². The summed E-state index contributed by atoms with van der Waals surface area (Å²) in [4.78, 5) is 5.11. The summed E-state index contributed by atoms with van der Waals surface area (Å²) in [6.07, 6.45) is 6.39. The molecule has 0 aromatic heterocycles. The van der Waals surface area contributed by atoms with Crippen LogP contribution in [0.4, 0.5) is 0 Å². The second-order valence-electron chi connectivity index (χ2n) is 7.32. The predicted molar refractivity (Wildman–Crippen MR) is 88.8 cm³/mol. The third-order valence-corrected chi connectivity index (χ3v) is 5.09. The normalized spacial score (nSPS) is 26.6. The number of ether oxygens (including phenoxy) is 1. The van der Waals surface area contributed by atoms with Crippen LogP contribution in [0.1, 0.15) is 39.0 Å². The Bertz CT molecular complexity index is 290. The van der Waals surface area contributed by atoms with E-state index in [9.17, 15) is 0 Å². The molecule has 21 heavy (non-hydrogen) atoms. The molecule has 0 spiro atoms. The SMILES string of the molecule is CCCNCC1(CN2CCCC2CN(C)C)CCOCC1. The summed E-state index contributed by atoms with van der Waals surface area (Å²) in [7, 11) is 4.40. The first-order chi connectivity index (χ1) is 10.2. The standard InChI is InChI=1S/C17H35N3O/c1-4-9-18-14-17(7-11-21-12-8-17)15-20-10-5-6-16(20)13-19(2)3/h16,18H,4-15H2,1-3H3. The maximum Gasteiger partial charge on any atom is 0.0472 e. The average molecular weight is 297 g/mol. The van der Waals surface area contributed by atoms with Crippen LogP contribution in [-0.2, 0) is 4.74 Å². The lowest BCUT2D eigenvalue weighted by Gasteiger charge is -2.42. The first-order valence-electron chi connectivity index (χ1n) is 8.82. The van der Waals surface area contributed by atoms with E-state index in [4.69, 9.17) is 4.74 Å². The molecule has 0 amide bonds. The minimum Gasteiger partial charge on any atom is -0.381 e. The van der Waals surface area contributed by atoms with Crippen molar-refractivity contribution in [3.8, 4) is 0 Å². The number of hydrogen-bond acceptors (Lipinski definition) is 4. The van der Waals surface area contributed by atoms with Gasteiger partial charge in [0, 0.05) is 38.9 Å². The van der Waals surface area contributed by atoms with Gasteiger partial charge >= 0.3 is 0 Å². The highest BCUT2D eigenvalue weighted by atomic mass is 16.5. The lowest BCUT2D eigenvalue weighted by molar-refractivity contribution is -0.00769. The van der Waals surface area contributed by atoms with Gasteiger partial charge in [-0.25, -0.2) is 0 Å². The van der Waals surface area contributed by atoms with Gasteiger partial charge in [0.15, 0.2) is 0 Å². The highest BCUT2D eigenvalue weighted by Crippen LogP contribution is 2.33. The van der Waals surface area contributed by atoms with Crippen LogP contribution in [-0.4, -0.2) is 75.9 Å². The Morgan fingerprint density at radius 2 is 2.05 bits per heavy atom. The number of nitrogens with one attached hydrogen (secondary N) is 1. The van der Waals surface area contributed by atoms with E-state index in [1.165, 1.54) is 51.7 Å². The van der Waals surface area contributed by atoms with Gasteiger partial charge in [-0.15, -0.1) is 0 Å². The highest BCUT2D eigenvalue weighted by Gasteiger charge is 2.37. The van der Waals surface area contributed by atoms with E-state index in [1.807, 2.05) is 0 Å². The zero-order valence-corrected chi connectivity index (χ0v) is 14.4. The maximum atomic E-state index is 5.63. The molecule has 0 aromatic rings. The van der Waals surface area contributed by atoms with Gasteiger partial charge in [-0.3, -0.25) is 4.90 Å². The fraction of sp³-hybridized carbons (Fsp3) is 1.00. The van der Waals surface area contributed by atoms with E-state index in [2.05, 4.69) is 36.1 Å². The molecule has 2 heterocycles. The molecule has 0 radical (unpaired) electrons. The molecule has 2 rings (SSSR count). The topological polar surface area (TPSA) is 27.7 Å². The van der Waals surface area contributed by atoms with Crippen molar-refractivity contribution in [2.45, 2.75) is 45.1 Å². The van der Waals surface area contributed by atoms with E-state index in [0.717, 1.165) is 32.3 Å². The predicted octanol–water partition coefficient (Wildman–Crippen LogP) is 1.81. The number of nitrogens with zero attached hydrogens (tertiary/aromatic N) is 2. The third-order valence-electron chi connectivity index (χ3n) is 5.09. The van der Waals surface area contributed by atoms with Crippen LogP contribution >= 0.6 is 0 Å². The van der Waals surface area contributed by atoms with Crippen molar-refractivity contribution in [1.29, 1.82) is 0 Å². The molecule has 2 saturated heterocycles. The summed E-state index contributed by atoms with van der Waals surface area (Å²) in [5.74, 6) is 0. The summed E-state index contributed by atoms with van der Waals surface area (Å²) >= 11 is 0. The fourth-order valence-corrected chi connectivity index (χ4v) is 3.89. The molecule has 2 fully saturated rings. The zero-order valence-electron chi connectivity index (χ0n) is 14.4. The number of hydrogen-bond donors (Lipinski definition) is 1. The molecule has 1 atom stereocenters. The van der Waals surface area contributed by atoms with Crippen LogP contribution < -0.4 is 5.32 Å². The van der Waals surface area contributed by atoms with Crippen LogP contribution in [0, 0.1) is 5.41 Å². The molecule has 0 saturated carbocycles. The molecule has 2 aliphatic rings. The van der Waals surface area contributed by atoms with Gasteiger partial charge in [0.1, 0.15) is 0 Å². The Morgan fingerprint density at radius 3 is 2.71 bits per heavy atom. The van der Waals surface area contributed by atoms with Crippen LogP contribution in [0.2, 0.25) is 0 Å². The number of rotatable bonds is 8. The molecule has 4 nitrogen and oxygen atoms in total. The molecule has 4 heteroatoms. The van der Waals surface area contributed by atoms with Gasteiger partial charge in [-0.2, -0.15) is 0 Å². The highest BCUT2D eigenvalue weighted by molar-refractivity contribution is 4.91. The van der Waals surface area contributed by atoms with Crippen LogP contribution in [0.25, 0.3) is 0 Å². The molecule has 0 aliphatic carbocycles. The molecule has 2 aliphatic heterocycles. The first kappa shape index (κ1) is 17.2. The zero-order chi connectivity index (χ0) is 15.1. The molecule has 124 valence electrons. The minimum atomic E-state index is 0.433. The minimum absolute atomic E-state index is 0.433. The Labute approximate surface area is 131 Å². The Morgan fingerprint density at radius 1 is 1.29 bits per heavy atom. The Hall–Kier alpha value is -0.160. The number of likely N-dealkylation sites (N-methyl/N-ethyl adjacent to an activating group) is 1. The summed E-state index contributed by atoms with van der Waals surface area (Å²) in [5, 5.41) is 3.68. The second-order valence-corrected chi connectivity index (χ2v) is 7.32. The van der Waals surface area contributed by atoms with Gasteiger partial charge in [-0.05, 0) is 64.7 Å². The summed E-state index contributed by atoms with van der Waals surface area (Å²) in [6, 6.07) is 0.755. The van der Waals surface area contributed by atoms with Crippen molar-refractivity contribution in [2.75, 3.05) is 60.0 Å². The molecule has 1 unspecified atom stereocenters.